The van der Waals surface area contributed by atoms with Crippen molar-refractivity contribution in [2.24, 2.45) is 0 Å². The summed E-state index contributed by atoms with van der Waals surface area (Å²) in [5, 5.41) is 2.69. The number of carbonyl (C=O) groups excluding carboxylic acids is 1. The lowest BCUT2D eigenvalue weighted by Gasteiger charge is -2.09. The molecule has 0 atom stereocenters. The van der Waals surface area contributed by atoms with Crippen molar-refractivity contribution in [3.8, 4) is 5.75 Å². The van der Waals surface area contributed by atoms with Crippen LogP contribution in [-0.2, 0) is 21.2 Å². The molecule has 2 aromatic rings. The van der Waals surface area contributed by atoms with Crippen molar-refractivity contribution < 1.29 is 17.9 Å². The van der Waals surface area contributed by atoms with Crippen LogP contribution in [0.25, 0.3) is 0 Å². The number of ether oxygens (including phenoxy) is 1. The quantitative estimate of drug-likeness (QED) is 0.705. The largest absolute Gasteiger partial charge is 0.497 e. The van der Waals surface area contributed by atoms with Crippen molar-refractivity contribution >= 4 is 15.9 Å². The van der Waals surface area contributed by atoms with Crippen LogP contribution in [0.4, 0.5) is 0 Å². The van der Waals surface area contributed by atoms with Crippen LogP contribution in [0.1, 0.15) is 5.56 Å². The topological polar surface area (TPSA) is 84.5 Å². The van der Waals surface area contributed by atoms with E-state index >= 15 is 0 Å². The van der Waals surface area contributed by atoms with E-state index in [4.69, 9.17) is 4.74 Å². The van der Waals surface area contributed by atoms with Gasteiger partial charge in [-0.15, -0.1) is 0 Å². The second-order valence-corrected chi connectivity index (χ2v) is 6.85. The Morgan fingerprint density at radius 1 is 1.00 bits per heavy atom. The van der Waals surface area contributed by atoms with Crippen molar-refractivity contribution in [2.45, 2.75) is 11.3 Å². The number of benzene rings is 2. The van der Waals surface area contributed by atoms with Crippen LogP contribution in [0.5, 0.6) is 5.75 Å². The van der Waals surface area contributed by atoms with Gasteiger partial charge >= 0.3 is 0 Å². The minimum atomic E-state index is -3.60. The van der Waals surface area contributed by atoms with E-state index in [9.17, 15) is 13.2 Å². The van der Waals surface area contributed by atoms with Gasteiger partial charge in [0.2, 0.25) is 15.9 Å². The van der Waals surface area contributed by atoms with Gasteiger partial charge < -0.3 is 10.1 Å². The van der Waals surface area contributed by atoms with Gasteiger partial charge in [-0.3, -0.25) is 4.79 Å². The summed E-state index contributed by atoms with van der Waals surface area (Å²) in [6.07, 6.45) is 0.270. The normalized spacial score (nSPS) is 11.0. The molecular weight excluding hydrogens is 328 g/mol. The summed E-state index contributed by atoms with van der Waals surface area (Å²) in [5.74, 6) is 0.437. The Labute approximate surface area is 141 Å². The smallest absolute Gasteiger partial charge is 0.240 e. The van der Waals surface area contributed by atoms with Crippen molar-refractivity contribution in [3.63, 3.8) is 0 Å². The molecule has 2 aromatic carbocycles. The Kier molecular flexibility index (Phi) is 6.34. The average Bonchev–Trinajstić information content (AvgIpc) is 2.60. The number of nitrogens with one attached hydrogen (secondary N) is 2. The fraction of sp³-hybridized carbons (Fsp3) is 0.235. The molecule has 0 fully saturated rings. The molecule has 0 radical (unpaired) electrons. The third-order valence-electron chi connectivity index (χ3n) is 3.32. The molecule has 6 nitrogen and oxygen atoms in total. The maximum atomic E-state index is 12.1. The highest BCUT2D eigenvalue weighted by atomic mass is 32.2. The van der Waals surface area contributed by atoms with Gasteiger partial charge in [0, 0.05) is 13.1 Å². The Morgan fingerprint density at radius 3 is 2.29 bits per heavy atom. The number of carbonyl (C=O) groups is 1. The van der Waals surface area contributed by atoms with Crippen molar-refractivity contribution in [1.29, 1.82) is 0 Å². The Bertz CT molecular complexity index is 759. The molecular formula is C17H20N2O4S. The molecule has 7 heteroatoms. The molecule has 0 saturated carbocycles. The summed E-state index contributed by atoms with van der Waals surface area (Å²) in [7, 11) is -2.09. The highest BCUT2D eigenvalue weighted by Gasteiger charge is 2.13. The summed E-state index contributed by atoms with van der Waals surface area (Å²) in [6, 6.07) is 15.4. The van der Waals surface area contributed by atoms with Crippen LogP contribution in [0.2, 0.25) is 0 Å². The molecule has 0 unspecified atom stereocenters. The van der Waals surface area contributed by atoms with E-state index < -0.39 is 10.0 Å². The molecule has 0 aromatic heterocycles. The summed E-state index contributed by atoms with van der Waals surface area (Å²) in [4.78, 5) is 11.9. The number of hydrogen-bond acceptors (Lipinski definition) is 4. The van der Waals surface area contributed by atoms with Gasteiger partial charge in [0.05, 0.1) is 18.4 Å². The first kappa shape index (κ1) is 18.0. The zero-order valence-corrected chi connectivity index (χ0v) is 14.2. The van der Waals surface area contributed by atoms with E-state index in [1.54, 1.807) is 12.1 Å². The van der Waals surface area contributed by atoms with E-state index in [0.29, 0.717) is 5.75 Å². The van der Waals surface area contributed by atoms with Gasteiger partial charge in [-0.1, -0.05) is 30.3 Å². The number of sulfonamides is 1. The van der Waals surface area contributed by atoms with E-state index in [0.717, 1.165) is 5.56 Å². The van der Waals surface area contributed by atoms with Gasteiger partial charge in [0.1, 0.15) is 5.75 Å². The second-order valence-electron chi connectivity index (χ2n) is 5.09. The number of methoxy groups -OCH3 is 1. The van der Waals surface area contributed by atoms with Gasteiger partial charge in [-0.05, 0) is 29.8 Å². The summed E-state index contributed by atoms with van der Waals surface area (Å²) in [5.41, 5.74) is 0.911. The maximum Gasteiger partial charge on any atom is 0.240 e. The molecule has 0 bridgehead atoms. The average molecular weight is 348 g/mol. The monoisotopic (exact) mass is 348 g/mol. The number of rotatable bonds is 8. The van der Waals surface area contributed by atoms with E-state index in [1.807, 2.05) is 30.3 Å². The minimum absolute atomic E-state index is 0.120. The first-order valence-corrected chi connectivity index (χ1v) is 8.94. The molecule has 24 heavy (non-hydrogen) atoms. The first-order chi connectivity index (χ1) is 11.5. The van der Waals surface area contributed by atoms with E-state index in [1.165, 1.54) is 19.2 Å². The summed E-state index contributed by atoms with van der Waals surface area (Å²) >= 11 is 0. The molecule has 0 aliphatic heterocycles. The molecule has 2 N–H and O–H groups in total. The van der Waals surface area contributed by atoms with Crippen LogP contribution in [0, 0.1) is 0 Å². The Morgan fingerprint density at radius 2 is 1.67 bits per heavy atom. The molecule has 0 aliphatic rings. The molecule has 0 saturated heterocycles. The third-order valence-corrected chi connectivity index (χ3v) is 4.79. The number of hydrogen-bond donors (Lipinski definition) is 2. The van der Waals surface area contributed by atoms with E-state index in [2.05, 4.69) is 10.0 Å². The van der Waals surface area contributed by atoms with Crippen LogP contribution in [-0.4, -0.2) is 34.5 Å². The summed E-state index contributed by atoms with van der Waals surface area (Å²) < 4.78 is 31.6. The molecule has 2 rings (SSSR count). The lowest BCUT2D eigenvalue weighted by atomic mass is 10.1. The zero-order chi connectivity index (χ0) is 17.4. The van der Waals surface area contributed by atoms with E-state index in [-0.39, 0.29) is 30.3 Å². The van der Waals surface area contributed by atoms with Crippen LogP contribution < -0.4 is 14.8 Å². The van der Waals surface area contributed by atoms with Crippen molar-refractivity contribution in [2.75, 3.05) is 20.2 Å². The second kappa shape index (κ2) is 8.47. The van der Waals surface area contributed by atoms with Gasteiger partial charge in [0.15, 0.2) is 0 Å². The maximum absolute atomic E-state index is 12.1. The fourth-order valence-electron chi connectivity index (χ4n) is 2.07. The summed E-state index contributed by atoms with van der Waals surface area (Å²) in [6.45, 7) is 0.343. The van der Waals surface area contributed by atoms with Gasteiger partial charge in [0.25, 0.3) is 0 Å². The third kappa shape index (κ3) is 5.36. The highest BCUT2D eigenvalue weighted by molar-refractivity contribution is 7.89. The fourth-order valence-corrected chi connectivity index (χ4v) is 3.10. The van der Waals surface area contributed by atoms with Gasteiger partial charge in [-0.25, -0.2) is 13.1 Å². The van der Waals surface area contributed by atoms with Gasteiger partial charge in [-0.2, -0.15) is 0 Å². The SMILES string of the molecule is COc1ccc(S(=O)(=O)NCCNC(=O)Cc2ccccc2)cc1. The minimum Gasteiger partial charge on any atom is -0.497 e. The molecule has 1 amide bonds. The molecule has 0 spiro atoms. The predicted molar refractivity (Wildman–Crippen MR) is 91.3 cm³/mol. The molecule has 128 valence electrons. The van der Waals surface area contributed by atoms with Crippen LogP contribution >= 0.6 is 0 Å². The first-order valence-electron chi connectivity index (χ1n) is 7.45. The highest BCUT2D eigenvalue weighted by Crippen LogP contribution is 2.14. The molecule has 0 aliphatic carbocycles. The lowest BCUT2D eigenvalue weighted by Crippen LogP contribution is -2.35. The predicted octanol–water partition coefficient (Wildman–Crippen LogP) is 1.33. The van der Waals surface area contributed by atoms with Crippen LogP contribution in [0.3, 0.4) is 0 Å². The number of amides is 1. The van der Waals surface area contributed by atoms with Crippen LogP contribution in [0.15, 0.2) is 59.5 Å². The Balaban J connectivity index is 1.77. The Hall–Kier alpha value is -2.38. The van der Waals surface area contributed by atoms with Crippen molar-refractivity contribution in [3.05, 3.63) is 60.2 Å². The zero-order valence-electron chi connectivity index (χ0n) is 13.4. The lowest BCUT2D eigenvalue weighted by molar-refractivity contribution is -0.120. The standard InChI is InChI=1S/C17H20N2O4S/c1-23-15-7-9-16(10-8-15)24(21,22)19-12-11-18-17(20)13-14-5-3-2-4-6-14/h2-10,19H,11-13H2,1H3,(H,18,20). The van der Waals surface area contributed by atoms with Crippen molar-refractivity contribution in [1.82, 2.24) is 10.0 Å². The molecule has 0 heterocycles.